The Morgan fingerprint density at radius 1 is 1.35 bits per heavy atom. The third-order valence-corrected chi connectivity index (χ3v) is 3.78. The SMILES string of the molecule is Cc1ccc(SCCn2cc(CCC(=O)O)nn2)cc1. The Labute approximate surface area is 122 Å². The van der Waals surface area contributed by atoms with Crippen LogP contribution in [0.25, 0.3) is 0 Å². The molecule has 0 unspecified atom stereocenters. The molecule has 0 aliphatic heterocycles. The van der Waals surface area contributed by atoms with Gasteiger partial charge in [-0.2, -0.15) is 0 Å². The van der Waals surface area contributed by atoms with Crippen molar-refractivity contribution in [1.82, 2.24) is 15.0 Å². The molecular formula is C14H17N3O2S. The predicted molar refractivity (Wildman–Crippen MR) is 77.9 cm³/mol. The first-order valence-electron chi connectivity index (χ1n) is 6.44. The van der Waals surface area contributed by atoms with E-state index in [0.29, 0.717) is 6.42 Å². The maximum absolute atomic E-state index is 10.5. The van der Waals surface area contributed by atoms with Gasteiger partial charge in [0.1, 0.15) is 0 Å². The average Bonchev–Trinajstić information content (AvgIpc) is 2.87. The number of thioether (sulfide) groups is 1. The first-order chi connectivity index (χ1) is 9.63. The Morgan fingerprint density at radius 3 is 2.80 bits per heavy atom. The van der Waals surface area contributed by atoms with Gasteiger partial charge < -0.3 is 5.11 Å². The van der Waals surface area contributed by atoms with Gasteiger partial charge in [0.25, 0.3) is 0 Å². The minimum Gasteiger partial charge on any atom is -0.481 e. The molecule has 0 aliphatic rings. The van der Waals surface area contributed by atoms with Crippen LogP contribution in [0.3, 0.4) is 0 Å². The highest BCUT2D eigenvalue weighted by Gasteiger charge is 2.04. The van der Waals surface area contributed by atoms with Crippen molar-refractivity contribution in [1.29, 1.82) is 0 Å². The lowest BCUT2D eigenvalue weighted by Crippen LogP contribution is -2.01. The van der Waals surface area contributed by atoms with Crippen LogP contribution in [-0.4, -0.2) is 31.8 Å². The van der Waals surface area contributed by atoms with Gasteiger partial charge in [-0.1, -0.05) is 22.9 Å². The summed E-state index contributed by atoms with van der Waals surface area (Å²) >= 11 is 1.77. The number of aliphatic carboxylic acids is 1. The lowest BCUT2D eigenvalue weighted by Gasteiger charge is -2.02. The predicted octanol–water partition coefficient (Wildman–Crippen LogP) is 2.40. The molecule has 2 aromatic rings. The van der Waals surface area contributed by atoms with Crippen molar-refractivity contribution in [3.05, 3.63) is 41.7 Å². The largest absolute Gasteiger partial charge is 0.481 e. The molecule has 106 valence electrons. The molecule has 0 atom stereocenters. The Kier molecular flexibility index (Phi) is 5.17. The molecule has 0 amide bonds. The second-order valence-corrected chi connectivity index (χ2v) is 5.70. The average molecular weight is 291 g/mol. The molecule has 2 rings (SSSR count). The number of aryl methyl sites for hydroxylation is 3. The lowest BCUT2D eigenvalue weighted by molar-refractivity contribution is -0.136. The van der Waals surface area contributed by atoms with E-state index in [1.54, 1.807) is 16.4 Å². The summed E-state index contributed by atoms with van der Waals surface area (Å²) in [5.41, 5.74) is 1.99. The van der Waals surface area contributed by atoms with Crippen molar-refractivity contribution in [2.75, 3.05) is 5.75 Å². The summed E-state index contributed by atoms with van der Waals surface area (Å²) in [6.07, 6.45) is 2.34. The van der Waals surface area contributed by atoms with Crippen LogP contribution in [-0.2, 0) is 17.8 Å². The van der Waals surface area contributed by atoms with Crippen LogP contribution in [0.2, 0.25) is 0 Å². The first-order valence-corrected chi connectivity index (χ1v) is 7.42. The van der Waals surface area contributed by atoms with E-state index in [-0.39, 0.29) is 6.42 Å². The van der Waals surface area contributed by atoms with Gasteiger partial charge in [0, 0.05) is 23.3 Å². The van der Waals surface area contributed by atoms with Crippen LogP contribution < -0.4 is 0 Å². The molecule has 0 saturated carbocycles. The van der Waals surface area contributed by atoms with E-state index >= 15 is 0 Å². The van der Waals surface area contributed by atoms with Crippen LogP contribution >= 0.6 is 11.8 Å². The molecule has 1 aromatic heterocycles. The molecule has 1 heterocycles. The molecule has 0 spiro atoms. The van der Waals surface area contributed by atoms with Gasteiger partial charge in [0.15, 0.2) is 0 Å². The van der Waals surface area contributed by atoms with Crippen molar-refractivity contribution in [2.24, 2.45) is 0 Å². The monoisotopic (exact) mass is 291 g/mol. The summed E-state index contributed by atoms with van der Waals surface area (Å²) in [4.78, 5) is 11.7. The highest BCUT2D eigenvalue weighted by Crippen LogP contribution is 2.18. The zero-order valence-electron chi connectivity index (χ0n) is 11.3. The van der Waals surface area contributed by atoms with Gasteiger partial charge in [-0.15, -0.1) is 16.9 Å². The van der Waals surface area contributed by atoms with Crippen LogP contribution in [0, 0.1) is 6.92 Å². The quantitative estimate of drug-likeness (QED) is 0.793. The smallest absolute Gasteiger partial charge is 0.303 e. The van der Waals surface area contributed by atoms with Crippen molar-refractivity contribution >= 4 is 17.7 Å². The van der Waals surface area contributed by atoms with Crippen molar-refractivity contribution in [2.45, 2.75) is 31.2 Å². The molecule has 0 saturated heterocycles. The number of rotatable bonds is 7. The Hall–Kier alpha value is -1.82. The Balaban J connectivity index is 1.76. The van der Waals surface area contributed by atoms with E-state index < -0.39 is 5.97 Å². The number of aromatic nitrogens is 3. The van der Waals surface area contributed by atoms with Crippen molar-refractivity contribution in [3.8, 4) is 0 Å². The summed E-state index contributed by atoms with van der Waals surface area (Å²) in [7, 11) is 0. The molecule has 0 aliphatic carbocycles. The van der Waals surface area contributed by atoms with Gasteiger partial charge in [0.2, 0.25) is 0 Å². The fourth-order valence-electron chi connectivity index (χ4n) is 1.69. The molecule has 6 heteroatoms. The number of hydrogen-bond donors (Lipinski definition) is 1. The number of hydrogen-bond acceptors (Lipinski definition) is 4. The highest BCUT2D eigenvalue weighted by atomic mass is 32.2. The zero-order chi connectivity index (χ0) is 14.4. The lowest BCUT2D eigenvalue weighted by atomic mass is 10.2. The second-order valence-electron chi connectivity index (χ2n) is 4.53. The third-order valence-electron chi connectivity index (χ3n) is 2.79. The van der Waals surface area contributed by atoms with Gasteiger partial charge in [-0.05, 0) is 19.1 Å². The van der Waals surface area contributed by atoms with Gasteiger partial charge >= 0.3 is 5.97 Å². The van der Waals surface area contributed by atoms with Gasteiger partial charge in [-0.3, -0.25) is 9.48 Å². The molecule has 0 radical (unpaired) electrons. The summed E-state index contributed by atoms with van der Waals surface area (Å²) in [6.45, 7) is 2.83. The van der Waals surface area contributed by atoms with E-state index in [4.69, 9.17) is 5.11 Å². The topological polar surface area (TPSA) is 68.0 Å². The summed E-state index contributed by atoms with van der Waals surface area (Å²) in [5.74, 6) is 0.0969. The number of carboxylic acids is 1. The normalized spacial score (nSPS) is 10.7. The van der Waals surface area contributed by atoms with E-state index in [2.05, 4.69) is 41.5 Å². The number of carboxylic acid groups (broad SMARTS) is 1. The molecule has 1 N–H and O–H groups in total. The number of benzene rings is 1. The fourth-order valence-corrected chi connectivity index (χ4v) is 2.53. The maximum atomic E-state index is 10.5. The minimum absolute atomic E-state index is 0.0941. The standard InChI is InChI=1S/C14H17N3O2S/c1-11-2-5-13(6-3-11)20-9-8-17-10-12(15-16-17)4-7-14(18)19/h2-3,5-6,10H,4,7-9H2,1H3,(H,18,19). The zero-order valence-corrected chi connectivity index (χ0v) is 12.1. The molecule has 20 heavy (non-hydrogen) atoms. The van der Waals surface area contributed by atoms with E-state index in [1.165, 1.54) is 10.5 Å². The second kappa shape index (κ2) is 7.09. The van der Waals surface area contributed by atoms with Crippen LogP contribution in [0.4, 0.5) is 0 Å². The van der Waals surface area contributed by atoms with Gasteiger partial charge in [-0.25, -0.2) is 0 Å². The van der Waals surface area contributed by atoms with E-state index in [9.17, 15) is 4.79 Å². The van der Waals surface area contributed by atoms with Crippen molar-refractivity contribution < 1.29 is 9.90 Å². The highest BCUT2D eigenvalue weighted by molar-refractivity contribution is 7.99. The summed E-state index contributed by atoms with van der Waals surface area (Å²) in [5, 5.41) is 16.6. The fraction of sp³-hybridized carbons (Fsp3) is 0.357. The van der Waals surface area contributed by atoms with Crippen LogP contribution in [0.5, 0.6) is 0 Å². The molecular weight excluding hydrogens is 274 g/mol. The summed E-state index contributed by atoms with van der Waals surface area (Å²) < 4.78 is 1.76. The Bertz CT molecular complexity index is 566. The van der Waals surface area contributed by atoms with E-state index in [1.807, 2.05) is 6.20 Å². The number of carbonyl (C=O) groups is 1. The van der Waals surface area contributed by atoms with Crippen LogP contribution in [0.15, 0.2) is 35.4 Å². The minimum atomic E-state index is -0.811. The molecule has 5 nitrogen and oxygen atoms in total. The van der Waals surface area contributed by atoms with Crippen molar-refractivity contribution in [3.63, 3.8) is 0 Å². The van der Waals surface area contributed by atoms with Crippen LogP contribution in [0.1, 0.15) is 17.7 Å². The number of nitrogens with zero attached hydrogens (tertiary/aromatic N) is 3. The van der Waals surface area contributed by atoms with E-state index in [0.717, 1.165) is 18.0 Å². The van der Waals surface area contributed by atoms with Gasteiger partial charge in [0.05, 0.1) is 18.7 Å². The Morgan fingerprint density at radius 2 is 2.10 bits per heavy atom. The maximum Gasteiger partial charge on any atom is 0.303 e. The summed E-state index contributed by atoms with van der Waals surface area (Å²) in [6, 6.07) is 8.42. The molecule has 0 fully saturated rings. The third kappa shape index (κ3) is 4.70. The molecule has 0 bridgehead atoms. The first kappa shape index (κ1) is 14.6. The molecule has 1 aromatic carbocycles.